The fourth-order valence-corrected chi connectivity index (χ4v) is 3.34. The van der Waals surface area contributed by atoms with E-state index in [0.717, 1.165) is 25.8 Å². The van der Waals surface area contributed by atoms with Crippen LogP contribution in [0.4, 0.5) is 0 Å². The number of hydrogen-bond acceptors (Lipinski definition) is 3. The van der Waals surface area contributed by atoms with Crippen LogP contribution >= 0.6 is 0 Å². The number of likely N-dealkylation sites (tertiary alicyclic amines) is 1. The molecule has 0 spiro atoms. The molecule has 1 fully saturated rings. The third kappa shape index (κ3) is 2.19. The fraction of sp³-hybridized carbons (Fsp3) is 0.786. The van der Waals surface area contributed by atoms with E-state index in [-0.39, 0.29) is 0 Å². The lowest BCUT2D eigenvalue weighted by Crippen LogP contribution is -2.30. The molecule has 18 heavy (non-hydrogen) atoms. The third-order valence-electron chi connectivity index (χ3n) is 4.62. The van der Waals surface area contributed by atoms with E-state index in [1.54, 1.807) is 0 Å². The van der Waals surface area contributed by atoms with Gasteiger partial charge in [-0.15, -0.1) is 0 Å². The highest BCUT2D eigenvalue weighted by atomic mass is 16.3. The molecule has 1 saturated heterocycles. The van der Waals surface area contributed by atoms with Gasteiger partial charge in [-0.2, -0.15) is 0 Å². The lowest BCUT2D eigenvalue weighted by Gasteiger charge is -2.25. The molecular weight excluding hydrogens is 226 g/mol. The highest BCUT2D eigenvalue weighted by Gasteiger charge is 2.26. The molecule has 0 saturated carbocycles. The van der Waals surface area contributed by atoms with Gasteiger partial charge in [-0.1, -0.05) is 0 Å². The molecule has 2 unspecified atom stereocenters. The molecule has 3 heterocycles. The maximum absolute atomic E-state index is 9.33. The van der Waals surface area contributed by atoms with E-state index in [2.05, 4.69) is 21.5 Å². The minimum Gasteiger partial charge on any atom is -0.396 e. The van der Waals surface area contributed by atoms with Crippen molar-refractivity contribution in [3.8, 4) is 0 Å². The maximum Gasteiger partial charge on any atom is 0.110 e. The second kappa shape index (κ2) is 5.02. The van der Waals surface area contributed by atoms with E-state index in [4.69, 9.17) is 0 Å². The number of aromatic nitrogens is 2. The Kier molecular flexibility index (Phi) is 3.39. The average molecular weight is 249 g/mol. The Bertz CT molecular complexity index is 415. The summed E-state index contributed by atoms with van der Waals surface area (Å²) in [6, 6.07) is 0.658. The summed E-state index contributed by atoms with van der Waals surface area (Å²) in [5.41, 5.74) is 1.36. The van der Waals surface area contributed by atoms with Crippen molar-refractivity contribution in [3.05, 3.63) is 17.7 Å². The van der Waals surface area contributed by atoms with Crippen LogP contribution in [0.3, 0.4) is 0 Å². The van der Waals surface area contributed by atoms with Gasteiger partial charge < -0.3 is 14.6 Å². The standard InChI is InChI=1S/C14H23N3O/c1-16-6-2-3-12(16)7-14-15-8-13-5-4-11(10-18)9-17(13)14/h8,11-12,18H,2-7,9-10H2,1H3. The van der Waals surface area contributed by atoms with Crippen LogP contribution in [0.2, 0.25) is 0 Å². The zero-order valence-electron chi connectivity index (χ0n) is 11.2. The lowest BCUT2D eigenvalue weighted by atomic mass is 9.99. The minimum absolute atomic E-state index is 0.306. The van der Waals surface area contributed by atoms with Gasteiger partial charge in [-0.25, -0.2) is 4.98 Å². The molecule has 1 N–H and O–H groups in total. The summed E-state index contributed by atoms with van der Waals surface area (Å²) >= 11 is 0. The number of nitrogens with zero attached hydrogens (tertiary/aromatic N) is 3. The van der Waals surface area contributed by atoms with Crippen LogP contribution < -0.4 is 0 Å². The number of likely N-dealkylation sites (N-methyl/N-ethyl adjacent to an activating group) is 1. The van der Waals surface area contributed by atoms with E-state index in [9.17, 15) is 5.11 Å². The predicted octanol–water partition coefficient (Wildman–Crippen LogP) is 1.07. The molecule has 2 aliphatic heterocycles. The number of rotatable bonds is 3. The number of hydrogen-bond donors (Lipinski definition) is 1. The Morgan fingerprint density at radius 3 is 3.06 bits per heavy atom. The largest absolute Gasteiger partial charge is 0.396 e. The first-order valence-corrected chi connectivity index (χ1v) is 7.12. The van der Waals surface area contributed by atoms with Crippen LogP contribution in [0.25, 0.3) is 0 Å². The molecule has 1 aromatic heterocycles. The van der Waals surface area contributed by atoms with Gasteiger partial charge >= 0.3 is 0 Å². The van der Waals surface area contributed by atoms with Crippen LogP contribution in [-0.2, 0) is 19.4 Å². The number of aliphatic hydroxyl groups is 1. The summed E-state index contributed by atoms with van der Waals surface area (Å²) in [6.45, 7) is 2.48. The summed E-state index contributed by atoms with van der Waals surface area (Å²) < 4.78 is 2.36. The van der Waals surface area contributed by atoms with Crippen LogP contribution in [-0.4, -0.2) is 45.8 Å². The SMILES string of the molecule is CN1CCCC1Cc1ncc2n1CC(CO)CC2. The van der Waals surface area contributed by atoms with Crippen LogP contribution in [0.1, 0.15) is 30.8 Å². The average Bonchev–Trinajstić information content (AvgIpc) is 2.97. The summed E-state index contributed by atoms with van der Waals surface area (Å²) in [4.78, 5) is 7.07. The van der Waals surface area contributed by atoms with Gasteiger partial charge in [0.25, 0.3) is 0 Å². The van der Waals surface area contributed by atoms with Crippen LogP contribution in [0.15, 0.2) is 6.20 Å². The number of fused-ring (bicyclic) bond motifs is 1. The molecule has 4 heteroatoms. The van der Waals surface area contributed by atoms with E-state index in [0.29, 0.717) is 18.6 Å². The molecule has 2 atom stereocenters. The van der Waals surface area contributed by atoms with Crippen molar-refractivity contribution in [3.63, 3.8) is 0 Å². The topological polar surface area (TPSA) is 41.3 Å². The van der Waals surface area contributed by atoms with Gasteiger partial charge in [0.05, 0.1) is 0 Å². The first kappa shape index (κ1) is 12.2. The van der Waals surface area contributed by atoms with E-state index >= 15 is 0 Å². The fourth-order valence-electron chi connectivity index (χ4n) is 3.34. The van der Waals surface area contributed by atoms with Gasteiger partial charge in [0.2, 0.25) is 0 Å². The lowest BCUT2D eigenvalue weighted by molar-refractivity contribution is 0.189. The second-order valence-corrected chi connectivity index (χ2v) is 5.84. The zero-order valence-corrected chi connectivity index (χ0v) is 11.2. The molecule has 2 aliphatic rings. The minimum atomic E-state index is 0.306. The second-order valence-electron chi connectivity index (χ2n) is 5.84. The Morgan fingerprint density at radius 1 is 1.44 bits per heavy atom. The predicted molar refractivity (Wildman–Crippen MR) is 70.5 cm³/mol. The molecule has 0 radical (unpaired) electrons. The highest BCUT2D eigenvalue weighted by molar-refractivity contribution is 5.10. The first-order chi connectivity index (χ1) is 8.78. The van der Waals surface area contributed by atoms with Crippen molar-refractivity contribution in [1.29, 1.82) is 0 Å². The molecular formula is C14H23N3O. The quantitative estimate of drug-likeness (QED) is 0.871. The van der Waals surface area contributed by atoms with Gasteiger partial charge in [0, 0.05) is 43.4 Å². The van der Waals surface area contributed by atoms with E-state index in [1.165, 1.54) is 30.9 Å². The molecule has 0 aromatic carbocycles. The van der Waals surface area contributed by atoms with E-state index < -0.39 is 0 Å². The van der Waals surface area contributed by atoms with Gasteiger partial charge in [0.1, 0.15) is 5.82 Å². The van der Waals surface area contributed by atoms with Gasteiger partial charge in [0.15, 0.2) is 0 Å². The summed E-state index contributed by atoms with van der Waals surface area (Å²) in [5, 5.41) is 9.33. The van der Waals surface area contributed by atoms with Gasteiger partial charge in [-0.05, 0) is 39.3 Å². The Morgan fingerprint density at radius 2 is 2.33 bits per heavy atom. The molecule has 100 valence electrons. The molecule has 4 nitrogen and oxygen atoms in total. The van der Waals surface area contributed by atoms with Crippen molar-refractivity contribution in [1.82, 2.24) is 14.5 Å². The van der Waals surface area contributed by atoms with Crippen LogP contribution in [0, 0.1) is 5.92 Å². The molecule has 0 amide bonds. The summed E-state index contributed by atoms with van der Waals surface area (Å²) in [5.74, 6) is 1.65. The Balaban J connectivity index is 1.75. The monoisotopic (exact) mass is 249 g/mol. The van der Waals surface area contributed by atoms with Crippen molar-refractivity contribution in [2.45, 2.75) is 44.7 Å². The van der Waals surface area contributed by atoms with Crippen molar-refractivity contribution < 1.29 is 5.11 Å². The number of imidazole rings is 1. The zero-order chi connectivity index (χ0) is 12.5. The van der Waals surface area contributed by atoms with Crippen molar-refractivity contribution in [2.24, 2.45) is 5.92 Å². The Hall–Kier alpha value is -0.870. The molecule has 0 bridgehead atoms. The summed E-state index contributed by atoms with van der Waals surface area (Å²) in [7, 11) is 2.22. The number of aliphatic hydroxyl groups excluding tert-OH is 1. The van der Waals surface area contributed by atoms with Crippen molar-refractivity contribution >= 4 is 0 Å². The van der Waals surface area contributed by atoms with Crippen LogP contribution in [0.5, 0.6) is 0 Å². The third-order valence-corrected chi connectivity index (χ3v) is 4.62. The molecule has 0 aliphatic carbocycles. The first-order valence-electron chi connectivity index (χ1n) is 7.12. The van der Waals surface area contributed by atoms with Gasteiger partial charge in [-0.3, -0.25) is 0 Å². The van der Waals surface area contributed by atoms with E-state index in [1.807, 2.05) is 6.20 Å². The smallest absolute Gasteiger partial charge is 0.110 e. The van der Waals surface area contributed by atoms with Crippen molar-refractivity contribution in [2.75, 3.05) is 20.2 Å². The Labute approximate surface area is 109 Å². The molecule has 1 aromatic rings. The normalized spacial score (nSPS) is 28.6. The number of aryl methyl sites for hydroxylation is 1. The maximum atomic E-state index is 9.33. The summed E-state index contributed by atoms with van der Waals surface area (Å²) in [6.07, 6.45) is 7.88. The highest BCUT2D eigenvalue weighted by Crippen LogP contribution is 2.24. The molecule has 3 rings (SSSR count).